The molecule has 0 unspecified atom stereocenters. The summed E-state index contributed by atoms with van der Waals surface area (Å²) in [5, 5.41) is 13.2. The molecule has 0 aliphatic heterocycles. The molecule has 19 heavy (non-hydrogen) atoms. The molecule has 2 rings (SSSR count). The molecular weight excluding hydrogens is 244 g/mol. The van der Waals surface area contributed by atoms with Crippen LogP contribution < -0.4 is 4.74 Å². The highest BCUT2D eigenvalue weighted by Gasteiger charge is 2.06. The zero-order valence-electron chi connectivity index (χ0n) is 10.9. The van der Waals surface area contributed by atoms with Gasteiger partial charge in [0.25, 0.3) is 0 Å². The Bertz CT molecular complexity index is 576. The number of benzene rings is 1. The van der Waals surface area contributed by atoms with Crippen molar-refractivity contribution in [2.45, 2.75) is 26.5 Å². The van der Waals surface area contributed by atoms with Crippen LogP contribution in [0.25, 0.3) is 0 Å². The SMILES string of the molecule is CC(C)n1ccc(COc2cccc(C(=O)O)c2)n1. The molecule has 1 aromatic heterocycles. The first-order chi connectivity index (χ1) is 9.06. The van der Waals surface area contributed by atoms with E-state index in [1.54, 1.807) is 12.1 Å². The van der Waals surface area contributed by atoms with Crippen LogP contribution in [0.2, 0.25) is 0 Å². The van der Waals surface area contributed by atoms with E-state index in [1.807, 2.05) is 30.8 Å². The summed E-state index contributed by atoms with van der Waals surface area (Å²) < 4.78 is 7.39. The van der Waals surface area contributed by atoms with Crippen molar-refractivity contribution < 1.29 is 14.6 Å². The van der Waals surface area contributed by atoms with Crippen molar-refractivity contribution in [1.29, 1.82) is 0 Å². The van der Waals surface area contributed by atoms with E-state index in [2.05, 4.69) is 5.10 Å². The molecule has 0 bridgehead atoms. The number of carboxylic acid groups (broad SMARTS) is 1. The number of hydrogen-bond acceptors (Lipinski definition) is 3. The first kappa shape index (κ1) is 13.1. The lowest BCUT2D eigenvalue weighted by molar-refractivity contribution is 0.0696. The highest BCUT2D eigenvalue weighted by Crippen LogP contribution is 2.15. The molecule has 1 N–H and O–H groups in total. The quantitative estimate of drug-likeness (QED) is 0.897. The minimum atomic E-state index is -0.963. The van der Waals surface area contributed by atoms with Gasteiger partial charge in [-0.2, -0.15) is 5.10 Å². The number of hydrogen-bond donors (Lipinski definition) is 1. The predicted molar refractivity (Wildman–Crippen MR) is 70.3 cm³/mol. The van der Waals surface area contributed by atoms with Crippen molar-refractivity contribution >= 4 is 5.97 Å². The monoisotopic (exact) mass is 260 g/mol. The van der Waals surface area contributed by atoms with Crippen LogP contribution in [-0.2, 0) is 6.61 Å². The lowest BCUT2D eigenvalue weighted by atomic mass is 10.2. The molecule has 1 heterocycles. The van der Waals surface area contributed by atoms with Gasteiger partial charge < -0.3 is 9.84 Å². The summed E-state index contributed by atoms with van der Waals surface area (Å²) >= 11 is 0. The van der Waals surface area contributed by atoms with Gasteiger partial charge in [-0.1, -0.05) is 6.07 Å². The maximum atomic E-state index is 10.8. The Balaban J connectivity index is 2.01. The number of carbonyl (C=O) groups is 1. The molecule has 0 radical (unpaired) electrons. The van der Waals surface area contributed by atoms with Gasteiger partial charge in [0.05, 0.1) is 11.3 Å². The molecule has 0 fully saturated rings. The lowest BCUT2D eigenvalue weighted by Gasteiger charge is -2.06. The van der Waals surface area contributed by atoms with Crippen molar-refractivity contribution in [3.05, 3.63) is 47.8 Å². The third-order valence-corrected chi connectivity index (χ3v) is 2.66. The molecule has 0 spiro atoms. The molecule has 5 heteroatoms. The Kier molecular flexibility index (Phi) is 3.85. The molecule has 1 aromatic carbocycles. The summed E-state index contributed by atoms with van der Waals surface area (Å²) in [6.45, 7) is 4.42. The average Bonchev–Trinajstić information content (AvgIpc) is 2.85. The van der Waals surface area contributed by atoms with Crippen molar-refractivity contribution in [2.75, 3.05) is 0 Å². The number of nitrogens with zero attached hydrogens (tertiary/aromatic N) is 2. The van der Waals surface area contributed by atoms with E-state index in [4.69, 9.17) is 9.84 Å². The fourth-order valence-corrected chi connectivity index (χ4v) is 1.62. The van der Waals surface area contributed by atoms with Crippen LogP contribution >= 0.6 is 0 Å². The van der Waals surface area contributed by atoms with Crippen LogP contribution in [0.5, 0.6) is 5.75 Å². The standard InChI is InChI=1S/C14H16N2O3/c1-10(2)16-7-6-12(15-16)9-19-13-5-3-4-11(8-13)14(17)18/h3-8,10H,9H2,1-2H3,(H,17,18). The van der Waals surface area contributed by atoms with E-state index in [9.17, 15) is 4.79 Å². The van der Waals surface area contributed by atoms with Crippen LogP contribution in [0.4, 0.5) is 0 Å². The first-order valence-corrected chi connectivity index (χ1v) is 6.06. The van der Waals surface area contributed by atoms with Crippen molar-refractivity contribution in [2.24, 2.45) is 0 Å². The van der Waals surface area contributed by atoms with Crippen molar-refractivity contribution in [3.8, 4) is 5.75 Å². The van der Waals surface area contributed by atoms with Crippen LogP contribution in [0, 0.1) is 0 Å². The highest BCUT2D eigenvalue weighted by atomic mass is 16.5. The summed E-state index contributed by atoms with van der Waals surface area (Å²) in [4.78, 5) is 10.8. The first-order valence-electron chi connectivity index (χ1n) is 6.06. The van der Waals surface area contributed by atoms with E-state index < -0.39 is 5.97 Å². The summed E-state index contributed by atoms with van der Waals surface area (Å²) in [6, 6.07) is 8.62. The molecule has 0 aliphatic rings. The zero-order chi connectivity index (χ0) is 13.8. The molecule has 5 nitrogen and oxygen atoms in total. The average molecular weight is 260 g/mol. The van der Waals surface area contributed by atoms with Gasteiger partial charge in [-0.05, 0) is 38.1 Å². The van der Waals surface area contributed by atoms with Crippen LogP contribution in [0.3, 0.4) is 0 Å². The zero-order valence-corrected chi connectivity index (χ0v) is 10.9. The van der Waals surface area contributed by atoms with Gasteiger partial charge in [0.15, 0.2) is 0 Å². The molecule has 0 atom stereocenters. The highest BCUT2D eigenvalue weighted by molar-refractivity contribution is 5.87. The summed E-state index contributed by atoms with van der Waals surface area (Å²) in [6.07, 6.45) is 1.90. The molecule has 2 aromatic rings. The second-order valence-electron chi connectivity index (χ2n) is 4.50. The Morgan fingerprint density at radius 1 is 1.42 bits per heavy atom. The smallest absolute Gasteiger partial charge is 0.335 e. The summed E-state index contributed by atoms with van der Waals surface area (Å²) in [7, 11) is 0. The Morgan fingerprint density at radius 2 is 2.21 bits per heavy atom. The second kappa shape index (κ2) is 5.56. The fourth-order valence-electron chi connectivity index (χ4n) is 1.62. The van der Waals surface area contributed by atoms with E-state index in [0.29, 0.717) is 18.4 Å². The Labute approximate surface area is 111 Å². The van der Waals surface area contributed by atoms with Crippen LogP contribution in [-0.4, -0.2) is 20.9 Å². The Morgan fingerprint density at radius 3 is 2.84 bits per heavy atom. The summed E-state index contributed by atoms with van der Waals surface area (Å²) in [5.41, 5.74) is 1.03. The van der Waals surface area contributed by atoms with Gasteiger partial charge in [0.2, 0.25) is 0 Å². The van der Waals surface area contributed by atoms with Gasteiger partial charge in [-0.3, -0.25) is 4.68 Å². The number of aromatic nitrogens is 2. The van der Waals surface area contributed by atoms with E-state index in [1.165, 1.54) is 12.1 Å². The topological polar surface area (TPSA) is 64.3 Å². The number of rotatable bonds is 5. The van der Waals surface area contributed by atoms with Crippen molar-refractivity contribution in [1.82, 2.24) is 9.78 Å². The molecule has 0 aliphatic carbocycles. The van der Waals surface area contributed by atoms with E-state index >= 15 is 0 Å². The number of ether oxygens (including phenoxy) is 1. The number of carboxylic acids is 1. The van der Waals surface area contributed by atoms with Crippen LogP contribution in [0.15, 0.2) is 36.5 Å². The molecule has 0 amide bonds. The maximum Gasteiger partial charge on any atom is 0.335 e. The molecule has 100 valence electrons. The third kappa shape index (κ3) is 3.34. The van der Waals surface area contributed by atoms with E-state index in [-0.39, 0.29) is 5.56 Å². The van der Waals surface area contributed by atoms with Gasteiger partial charge in [0.1, 0.15) is 12.4 Å². The number of aromatic carboxylic acids is 1. The van der Waals surface area contributed by atoms with Gasteiger partial charge >= 0.3 is 5.97 Å². The largest absolute Gasteiger partial charge is 0.487 e. The van der Waals surface area contributed by atoms with Gasteiger partial charge in [-0.15, -0.1) is 0 Å². The Hall–Kier alpha value is -2.30. The van der Waals surface area contributed by atoms with Gasteiger partial charge in [-0.25, -0.2) is 4.79 Å². The molecule has 0 saturated heterocycles. The van der Waals surface area contributed by atoms with E-state index in [0.717, 1.165) is 5.69 Å². The molecular formula is C14H16N2O3. The second-order valence-corrected chi connectivity index (χ2v) is 4.50. The fraction of sp³-hybridized carbons (Fsp3) is 0.286. The van der Waals surface area contributed by atoms with Gasteiger partial charge in [0, 0.05) is 12.2 Å². The predicted octanol–water partition coefficient (Wildman–Crippen LogP) is 2.74. The summed E-state index contributed by atoms with van der Waals surface area (Å²) in [5.74, 6) is -0.437. The minimum Gasteiger partial charge on any atom is -0.487 e. The molecule has 0 saturated carbocycles. The lowest BCUT2D eigenvalue weighted by Crippen LogP contribution is -2.03. The van der Waals surface area contributed by atoms with Crippen LogP contribution in [0.1, 0.15) is 35.9 Å². The minimum absolute atomic E-state index is 0.213. The van der Waals surface area contributed by atoms with Crippen molar-refractivity contribution in [3.63, 3.8) is 0 Å². The third-order valence-electron chi connectivity index (χ3n) is 2.66. The maximum absolute atomic E-state index is 10.8. The normalized spacial score (nSPS) is 10.7.